The Morgan fingerprint density at radius 2 is 1.96 bits per heavy atom. The Labute approximate surface area is 169 Å². The van der Waals surface area contributed by atoms with Crippen molar-refractivity contribution in [2.75, 3.05) is 16.8 Å². The summed E-state index contributed by atoms with van der Waals surface area (Å²) < 4.78 is 0. The molecule has 4 rings (SSSR count). The maximum atomic E-state index is 13.0. The summed E-state index contributed by atoms with van der Waals surface area (Å²) in [6, 6.07) is 15.9. The minimum atomic E-state index is -0.0667. The van der Waals surface area contributed by atoms with Crippen molar-refractivity contribution >= 4 is 29.1 Å². The van der Waals surface area contributed by atoms with Gasteiger partial charge in [-0.05, 0) is 49.1 Å². The molecule has 0 aliphatic carbocycles. The highest BCUT2D eigenvalue weighted by Gasteiger charge is 2.31. The van der Waals surface area contributed by atoms with Crippen molar-refractivity contribution in [3.05, 3.63) is 82.6 Å². The summed E-state index contributed by atoms with van der Waals surface area (Å²) >= 11 is 6.00. The standard InChI is InChI=1S/C22H21ClN4O/c1-15-11-17-6-2-3-8-20(17)27(15)21(28)18-13-25-22(26-14-18)24-10-9-16-5-4-7-19(23)12-16/h2-8,12-15H,9-11H2,1H3,(H,24,25,26). The predicted molar refractivity (Wildman–Crippen MR) is 112 cm³/mol. The Kier molecular flexibility index (Phi) is 5.26. The van der Waals surface area contributed by atoms with E-state index in [9.17, 15) is 4.79 Å². The lowest BCUT2D eigenvalue weighted by atomic mass is 10.1. The summed E-state index contributed by atoms with van der Waals surface area (Å²) in [4.78, 5) is 23.4. The second-order valence-electron chi connectivity index (χ2n) is 6.96. The van der Waals surface area contributed by atoms with Gasteiger partial charge in [0.1, 0.15) is 0 Å². The van der Waals surface area contributed by atoms with E-state index in [1.807, 2.05) is 47.4 Å². The molecule has 0 saturated heterocycles. The third-order valence-corrected chi connectivity index (χ3v) is 5.15. The molecule has 0 fully saturated rings. The topological polar surface area (TPSA) is 58.1 Å². The molecule has 6 heteroatoms. The minimum Gasteiger partial charge on any atom is -0.354 e. The first kappa shape index (κ1) is 18.4. The highest BCUT2D eigenvalue weighted by atomic mass is 35.5. The van der Waals surface area contributed by atoms with Crippen LogP contribution in [0.25, 0.3) is 0 Å². The third-order valence-electron chi connectivity index (χ3n) is 4.91. The number of aromatic nitrogens is 2. The summed E-state index contributed by atoms with van der Waals surface area (Å²) in [6.07, 6.45) is 4.86. The molecule has 1 amide bonds. The molecule has 1 atom stereocenters. The van der Waals surface area contributed by atoms with E-state index in [4.69, 9.17) is 11.6 Å². The average molecular weight is 393 g/mol. The van der Waals surface area contributed by atoms with Gasteiger partial charge in [-0.15, -0.1) is 0 Å². The largest absolute Gasteiger partial charge is 0.354 e. The summed E-state index contributed by atoms with van der Waals surface area (Å²) in [7, 11) is 0. The van der Waals surface area contributed by atoms with Gasteiger partial charge in [0.25, 0.3) is 5.91 Å². The predicted octanol–water partition coefficient (Wildman–Crippen LogP) is 4.38. The van der Waals surface area contributed by atoms with Gasteiger partial charge in [0, 0.05) is 35.7 Å². The first-order chi connectivity index (χ1) is 13.6. The average Bonchev–Trinajstić information content (AvgIpc) is 3.04. The monoisotopic (exact) mass is 392 g/mol. The molecule has 142 valence electrons. The van der Waals surface area contributed by atoms with Crippen LogP contribution in [0.3, 0.4) is 0 Å². The molecule has 5 nitrogen and oxygen atoms in total. The van der Waals surface area contributed by atoms with Gasteiger partial charge in [-0.3, -0.25) is 4.79 Å². The number of hydrogen-bond donors (Lipinski definition) is 1. The van der Waals surface area contributed by atoms with E-state index in [1.165, 1.54) is 5.56 Å². The third kappa shape index (κ3) is 3.85. The van der Waals surface area contributed by atoms with E-state index in [2.05, 4.69) is 28.3 Å². The smallest absolute Gasteiger partial charge is 0.261 e. The first-order valence-electron chi connectivity index (χ1n) is 9.33. The van der Waals surface area contributed by atoms with Gasteiger partial charge in [-0.1, -0.05) is 41.9 Å². The van der Waals surface area contributed by atoms with Crippen LogP contribution in [0, 0.1) is 0 Å². The summed E-state index contributed by atoms with van der Waals surface area (Å²) in [5.41, 5.74) is 3.81. The molecule has 1 N–H and O–H groups in total. The highest BCUT2D eigenvalue weighted by molar-refractivity contribution is 6.30. The number of fused-ring (bicyclic) bond motifs is 1. The molecule has 2 aromatic carbocycles. The number of carbonyl (C=O) groups excluding carboxylic acids is 1. The van der Waals surface area contributed by atoms with Crippen LogP contribution in [-0.2, 0) is 12.8 Å². The van der Waals surface area contributed by atoms with Crippen LogP contribution in [0.2, 0.25) is 5.02 Å². The van der Waals surface area contributed by atoms with Crippen molar-refractivity contribution in [2.24, 2.45) is 0 Å². The quantitative estimate of drug-likeness (QED) is 0.700. The zero-order valence-corrected chi connectivity index (χ0v) is 16.4. The molecule has 0 bridgehead atoms. The number of hydrogen-bond acceptors (Lipinski definition) is 4. The van der Waals surface area contributed by atoms with Crippen LogP contribution in [0.1, 0.15) is 28.4 Å². The fourth-order valence-corrected chi connectivity index (χ4v) is 3.77. The zero-order chi connectivity index (χ0) is 19.5. The number of carbonyl (C=O) groups is 1. The van der Waals surface area contributed by atoms with Crippen LogP contribution in [-0.4, -0.2) is 28.5 Å². The maximum absolute atomic E-state index is 13.0. The van der Waals surface area contributed by atoms with Gasteiger partial charge in [-0.25, -0.2) is 9.97 Å². The molecular formula is C22H21ClN4O. The van der Waals surface area contributed by atoms with E-state index in [0.29, 0.717) is 18.1 Å². The minimum absolute atomic E-state index is 0.0667. The lowest BCUT2D eigenvalue weighted by Crippen LogP contribution is -2.35. The van der Waals surface area contributed by atoms with Crippen LogP contribution in [0.15, 0.2) is 60.9 Å². The van der Waals surface area contributed by atoms with E-state index < -0.39 is 0 Å². The van der Waals surface area contributed by atoms with Crippen molar-refractivity contribution in [2.45, 2.75) is 25.8 Å². The number of halogens is 1. The fraction of sp³-hybridized carbons (Fsp3) is 0.227. The Morgan fingerprint density at radius 1 is 1.18 bits per heavy atom. The van der Waals surface area contributed by atoms with Gasteiger partial charge < -0.3 is 10.2 Å². The summed E-state index contributed by atoms with van der Waals surface area (Å²) in [5, 5.41) is 3.91. The zero-order valence-electron chi connectivity index (χ0n) is 15.6. The molecular weight excluding hydrogens is 372 g/mol. The van der Waals surface area contributed by atoms with Crippen LogP contribution >= 0.6 is 11.6 Å². The highest BCUT2D eigenvalue weighted by Crippen LogP contribution is 2.32. The molecule has 0 spiro atoms. The molecule has 1 aromatic heterocycles. The normalized spacial score (nSPS) is 15.4. The van der Waals surface area contributed by atoms with Crippen molar-refractivity contribution < 1.29 is 4.79 Å². The van der Waals surface area contributed by atoms with Crippen LogP contribution in [0.4, 0.5) is 11.6 Å². The van der Waals surface area contributed by atoms with Crippen LogP contribution in [0.5, 0.6) is 0 Å². The number of rotatable bonds is 5. The van der Waals surface area contributed by atoms with Crippen LogP contribution < -0.4 is 10.2 Å². The fourth-order valence-electron chi connectivity index (χ4n) is 3.55. The van der Waals surface area contributed by atoms with Crippen molar-refractivity contribution in [3.8, 4) is 0 Å². The number of anilines is 2. The molecule has 2 heterocycles. The molecule has 3 aromatic rings. The number of amides is 1. The Balaban J connectivity index is 1.40. The Morgan fingerprint density at radius 3 is 2.75 bits per heavy atom. The van der Waals surface area contributed by atoms with Crippen molar-refractivity contribution in [1.82, 2.24) is 9.97 Å². The van der Waals surface area contributed by atoms with E-state index >= 15 is 0 Å². The first-order valence-corrected chi connectivity index (χ1v) is 9.71. The molecule has 1 unspecified atom stereocenters. The SMILES string of the molecule is CC1Cc2ccccc2N1C(=O)c1cnc(NCCc2cccc(Cl)c2)nc1. The summed E-state index contributed by atoms with van der Waals surface area (Å²) in [6.45, 7) is 2.74. The van der Waals surface area contributed by atoms with Gasteiger partial charge in [0.15, 0.2) is 0 Å². The second kappa shape index (κ2) is 7.98. The maximum Gasteiger partial charge on any atom is 0.261 e. The van der Waals surface area contributed by atoms with E-state index in [0.717, 1.165) is 29.1 Å². The number of benzene rings is 2. The van der Waals surface area contributed by atoms with Gasteiger partial charge in [-0.2, -0.15) is 0 Å². The van der Waals surface area contributed by atoms with Gasteiger partial charge in [0.05, 0.1) is 5.56 Å². The number of nitrogens with one attached hydrogen (secondary N) is 1. The molecule has 1 aliphatic heterocycles. The second-order valence-corrected chi connectivity index (χ2v) is 7.40. The Bertz CT molecular complexity index is 990. The number of nitrogens with zero attached hydrogens (tertiary/aromatic N) is 3. The van der Waals surface area contributed by atoms with Gasteiger partial charge in [0.2, 0.25) is 5.95 Å². The molecule has 0 saturated carbocycles. The molecule has 1 aliphatic rings. The van der Waals surface area contributed by atoms with Gasteiger partial charge >= 0.3 is 0 Å². The summed E-state index contributed by atoms with van der Waals surface area (Å²) in [5.74, 6) is 0.441. The van der Waals surface area contributed by atoms with Crippen molar-refractivity contribution in [3.63, 3.8) is 0 Å². The lowest BCUT2D eigenvalue weighted by molar-refractivity contribution is 0.0981. The lowest BCUT2D eigenvalue weighted by Gasteiger charge is -2.22. The molecule has 0 radical (unpaired) electrons. The number of para-hydroxylation sites is 1. The van der Waals surface area contributed by atoms with E-state index in [1.54, 1.807) is 12.4 Å². The van der Waals surface area contributed by atoms with E-state index in [-0.39, 0.29) is 11.9 Å². The molecule has 28 heavy (non-hydrogen) atoms. The Hall–Kier alpha value is -2.92. The van der Waals surface area contributed by atoms with Crippen molar-refractivity contribution in [1.29, 1.82) is 0 Å².